The number of furan rings is 1. The molecule has 0 spiro atoms. The molecule has 0 bridgehead atoms. The molecule has 1 saturated heterocycles. The normalized spacial score (nSPS) is 28.9. The first-order valence-corrected chi connectivity index (χ1v) is 5.63. The molecule has 2 N–H and O–H groups in total. The second-order valence-corrected chi connectivity index (χ2v) is 4.51. The van der Waals surface area contributed by atoms with Crippen molar-refractivity contribution in [2.75, 3.05) is 6.61 Å². The summed E-state index contributed by atoms with van der Waals surface area (Å²) in [5.41, 5.74) is 6.01. The topological polar surface area (TPSA) is 48.4 Å². The molecule has 2 atom stereocenters. The maximum atomic E-state index is 6.19. The van der Waals surface area contributed by atoms with Crippen LogP contribution in [0, 0.1) is 0 Å². The van der Waals surface area contributed by atoms with Crippen LogP contribution < -0.4 is 5.73 Å². The first kappa shape index (κ1) is 10.7. The van der Waals surface area contributed by atoms with Gasteiger partial charge in [0.1, 0.15) is 5.76 Å². The summed E-state index contributed by atoms with van der Waals surface area (Å²) in [5.74, 6) is 0.942. The van der Waals surface area contributed by atoms with Crippen LogP contribution in [0.25, 0.3) is 0 Å². The van der Waals surface area contributed by atoms with Crippen molar-refractivity contribution in [3.63, 3.8) is 0 Å². The Morgan fingerprint density at radius 3 is 3.00 bits per heavy atom. The van der Waals surface area contributed by atoms with E-state index < -0.39 is 0 Å². The quantitative estimate of drug-likeness (QED) is 0.829. The molecule has 1 aromatic heterocycles. The Hall–Kier alpha value is -0.800. The molecule has 2 heterocycles. The van der Waals surface area contributed by atoms with Gasteiger partial charge in [0.05, 0.1) is 11.9 Å². The van der Waals surface area contributed by atoms with Crippen molar-refractivity contribution >= 4 is 0 Å². The summed E-state index contributed by atoms with van der Waals surface area (Å²) in [6.45, 7) is 2.95. The molecule has 0 saturated carbocycles. The van der Waals surface area contributed by atoms with Gasteiger partial charge < -0.3 is 14.9 Å². The minimum Gasteiger partial charge on any atom is -0.469 e. The lowest BCUT2D eigenvalue weighted by molar-refractivity contribution is -0.0815. The standard InChI is InChI=1S/C12H19NO2/c1-12(6-2-3-8-15-12)11(13)9-10-5-4-7-14-10/h4-5,7,11H,2-3,6,8-9,13H2,1H3. The summed E-state index contributed by atoms with van der Waals surface area (Å²) >= 11 is 0. The molecule has 3 heteroatoms. The zero-order valence-corrected chi connectivity index (χ0v) is 9.24. The molecule has 0 radical (unpaired) electrons. The highest BCUT2D eigenvalue weighted by Gasteiger charge is 2.34. The van der Waals surface area contributed by atoms with E-state index in [9.17, 15) is 0 Å². The molecular formula is C12H19NO2. The van der Waals surface area contributed by atoms with Crippen LogP contribution >= 0.6 is 0 Å². The van der Waals surface area contributed by atoms with Gasteiger partial charge >= 0.3 is 0 Å². The van der Waals surface area contributed by atoms with Crippen LogP contribution in [0.5, 0.6) is 0 Å². The summed E-state index contributed by atoms with van der Waals surface area (Å²) in [5, 5.41) is 0. The van der Waals surface area contributed by atoms with Gasteiger partial charge in [-0.15, -0.1) is 0 Å². The summed E-state index contributed by atoms with van der Waals surface area (Å²) in [6.07, 6.45) is 5.86. The molecule has 0 aromatic carbocycles. The van der Waals surface area contributed by atoms with Crippen LogP contribution in [-0.2, 0) is 11.2 Å². The van der Waals surface area contributed by atoms with Gasteiger partial charge in [0, 0.05) is 19.1 Å². The fraction of sp³-hybridized carbons (Fsp3) is 0.667. The lowest BCUT2D eigenvalue weighted by Gasteiger charge is -2.38. The van der Waals surface area contributed by atoms with Crippen molar-refractivity contribution in [3.05, 3.63) is 24.2 Å². The van der Waals surface area contributed by atoms with Gasteiger partial charge in [0.15, 0.2) is 0 Å². The van der Waals surface area contributed by atoms with Crippen molar-refractivity contribution in [3.8, 4) is 0 Å². The van der Waals surface area contributed by atoms with E-state index in [2.05, 4.69) is 6.92 Å². The fourth-order valence-electron chi connectivity index (χ4n) is 2.11. The number of nitrogens with two attached hydrogens (primary N) is 1. The van der Waals surface area contributed by atoms with E-state index in [1.165, 1.54) is 6.42 Å². The third kappa shape index (κ3) is 2.41. The lowest BCUT2D eigenvalue weighted by atomic mass is 9.86. The van der Waals surface area contributed by atoms with Gasteiger partial charge in [-0.2, -0.15) is 0 Å². The van der Waals surface area contributed by atoms with Gasteiger partial charge in [-0.3, -0.25) is 0 Å². The number of rotatable bonds is 3. The van der Waals surface area contributed by atoms with Crippen LogP contribution in [0.2, 0.25) is 0 Å². The Kier molecular flexibility index (Phi) is 3.12. The van der Waals surface area contributed by atoms with E-state index in [1.807, 2.05) is 12.1 Å². The summed E-state index contributed by atoms with van der Waals surface area (Å²) in [4.78, 5) is 0. The van der Waals surface area contributed by atoms with Gasteiger partial charge in [-0.05, 0) is 38.3 Å². The third-order valence-electron chi connectivity index (χ3n) is 3.28. The lowest BCUT2D eigenvalue weighted by Crippen LogP contribution is -2.50. The van der Waals surface area contributed by atoms with Crippen molar-refractivity contribution in [2.45, 2.75) is 44.2 Å². The van der Waals surface area contributed by atoms with E-state index >= 15 is 0 Å². The minimum atomic E-state index is -0.176. The molecule has 1 aliphatic heterocycles. The van der Waals surface area contributed by atoms with Gasteiger partial charge in [-0.25, -0.2) is 0 Å². The van der Waals surface area contributed by atoms with Crippen LogP contribution in [0.1, 0.15) is 31.9 Å². The van der Waals surface area contributed by atoms with Crippen LogP contribution in [0.3, 0.4) is 0 Å². The Morgan fingerprint density at radius 1 is 1.53 bits per heavy atom. The smallest absolute Gasteiger partial charge is 0.105 e. The second kappa shape index (κ2) is 4.37. The Balaban J connectivity index is 1.97. The predicted molar refractivity (Wildman–Crippen MR) is 58.6 cm³/mol. The monoisotopic (exact) mass is 209 g/mol. The Bertz CT molecular complexity index is 289. The van der Waals surface area contributed by atoms with Crippen LogP contribution in [0.4, 0.5) is 0 Å². The highest BCUT2D eigenvalue weighted by Crippen LogP contribution is 2.28. The van der Waals surface area contributed by atoms with Crippen molar-refractivity contribution in [1.82, 2.24) is 0 Å². The molecule has 3 nitrogen and oxygen atoms in total. The molecule has 84 valence electrons. The SMILES string of the molecule is CC1(C(N)Cc2ccco2)CCCCO1. The molecule has 2 unspecified atom stereocenters. The van der Waals surface area contributed by atoms with Gasteiger partial charge in [0.25, 0.3) is 0 Å². The van der Waals surface area contributed by atoms with E-state index in [1.54, 1.807) is 6.26 Å². The minimum absolute atomic E-state index is 0.0175. The third-order valence-corrected chi connectivity index (χ3v) is 3.28. The Morgan fingerprint density at radius 2 is 2.40 bits per heavy atom. The fourth-order valence-corrected chi connectivity index (χ4v) is 2.11. The summed E-state index contributed by atoms with van der Waals surface area (Å²) in [6, 6.07) is 3.88. The zero-order chi connectivity index (χ0) is 10.7. The van der Waals surface area contributed by atoms with E-state index in [0.717, 1.165) is 31.6 Å². The maximum absolute atomic E-state index is 6.19. The van der Waals surface area contributed by atoms with Crippen molar-refractivity contribution < 1.29 is 9.15 Å². The highest BCUT2D eigenvalue weighted by atomic mass is 16.5. The van der Waals surface area contributed by atoms with Crippen LogP contribution in [0.15, 0.2) is 22.8 Å². The average Bonchev–Trinajstić information content (AvgIpc) is 2.71. The van der Waals surface area contributed by atoms with Gasteiger partial charge in [0.2, 0.25) is 0 Å². The van der Waals surface area contributed by atoms with E-state index in [-0.39, 0.29) is 11.6 Å². The summed E-state index contributed by atoms with van der Waals surface area (Å²) in [7, 11) is 0. The van der Waals surface area contributed by atoms with Crippen molar-refractivity contribution in [1.29, 1.82) is 0 Å². The first-order chi connectivity index (χ1) is 7.21. The predicted octanol–water partition coefficient (Wildman–Crippen LogP) is 2.11. The molecule has 1 fully saturated rings. The average molecular weight is 209 g/mol. The molecule has 0 amide bonds. The molecule has 15 heavy (non-hydrogen) atoms. The molecule has 1 aliphatic rings. The van der Waals surface area contributed by atoms with E-state index in [0.29, 0.717) is 0 Å². The van der Waals surface area contributed by atoms with E-state index in [4.69, 9.17) is 14.9 Å². The first-order valence-electron chi connectivity index (χ1n) is 5.63. The number of ether oxygens (including phenoxy) is 1. The highest BCUT2D eigenvalue weighted by molar-refractivity contribution is 5.03. The molecule has 2 rings (SSSR count). The number of hydrogen-bond acceptors (Lipinski definition) is 3. The maximum Gasteiger partial charge on any atom is 0.105 e. The molecule has 1 aromatic rings. The Labute approximate surface area is 90.6 Å². The zero-order valence-electron chi connectivity index (χ0n) is 9.24. The molecular weight excluding hydrogens is 190 g/mol. The summed E-state index contributed by atoms with van der Waals surface area (Å²) < 4.78 is 11.1. The number of hydrogen-bond donors (Lipinski definition) is 1. The largest absolute Gasteiger partial charge is 0.469 e. The van der Waals surface area contributed by atoms with Crippen molar-refractivity contribution in [2.24, 2.45) is 5.73 Å². The van der Waals surface area contributed by atoms with Gasteiger partial charge in [-0.1, -0.05) is 0 Å². The molecule has 0 aliphatic carbocycles. The second-order valence-electron chi connectivity index (χ2n) is 4.51. The van der Waals surface area contributed by atoms with Crippen LogP contribution in [-0.4, -0.2) is 18.2 Å².